The van der Waals surface area contributed by atoms with Crippen molar-refractivity contribution < 1.29 is 4.79 Å². The predicted octanol–water partition coefficient (Wildman–Crippen LogP) is 4.18. The van der Waals surface area contributed by atoms with E-state index in [0.29, 0.717) is 10.3 Å². The first-order valence-corrected chi connectivity index (χ1v) is 10.0. The Morgan fingerprint density at radius 3 is 2.65 bits per heavy atom. The van der Waals surface area contributed by atoms with Gasteiger partial charge in [0.25, 0.3) is 0 Å². The van der Waals surface area contributed by atoms with Crippen molar-refractivity contribution in [2.24, 2.45) is 0 Å². The Bertz CT molecular complexity index is 903. The standard InChI is InChI=1S/C19H20N4OS2/c1-12-5-4-6-15(7-12)9-16-10-20-18(26-16)23-17(24)11-25-19-21-13(2)8-14(3)22-19/h4-8,10H,9,11H2,1-3H3,(H,20,23,24). The van der Waals surface area contributed by atoms with Crippen molar-refractivity contribution in [1.82, 2.24) is 15.0 Å². The Labute approximate surface area is 161 Å². The molecule has 0 saturated heterocycles. The van der Waals surface area contributed by atoms with Crippen LogP contribution >= 0.6 is 23.1 Å². The number of amides is 1. The third-order valence-electron chi connectivity index (χ3n) is 3.55. The Morgan fingerprint density at radius 2 is 1.92 bits per heavy atom. The van der Waals surface area contributed by atoms with Gasteiger partial charge in [-0.05, 0) is 32.4 Å². The molecule has 1 amide bonds. The van der Waals surface area contributed by atoms with Gasteiger partial charge in [-0.1, -0.05) is 41.6 Å². The maximum atomic E-state index is 12.1. The molecule has 2 heterocycles. The minimum atomic E-state index is -0.103. The smallest absolute Gasteiger partial charge is 0.236 e. The largest absolute Gasteiger partial charge is 0.301 e. The lowest BCUT2D eigenvalue weighted by atomic mass is 10.1. The highest BCUT2D eigenvalue weighted by Gasteiger charge is 2.10. The van der Waals surface area contributed by atoms with Crippen LogP contribution in [0.2, 0.25) is 0 Å². The van der Waals surface area contributed by atoms with Crippen LogP contribution in [0, 0.1) is 20.8 Å². The molecular weight excluding hydrogens is 364 g/mol. The molecule has 0 aliphatic heterocycles. The normalized spacial score (nSPS) is 10.7. The number of thioether (sulfide) groups is 1. The molecule has 3 rings (SSSR count). The molecular formula is C19H20N4OS2. The summed E-state index contributed by atoms with van der Waals surface area (Å²) in [5.74, 6) is 0.157. The second kappa shape index (κ2) is 8.42. The van der Waals surface area contributed by atoms with Crippen LogP contribution < -0.4 is 5.32 Å². The number of nitrogens with one attached hydrogen (secondary N) is 1. The third-order valence-corrected chi connectivity index (χ3v) is 5.31. The molecule has 0 unspecified atom stereocenters. The molecule has 26 heavy (non-hydrogen) atoms. The van der Waals surface area contributed by atoms with E-state index in [0.717, 1.165) is 22.7 Å². The lowest BCUT2D eigenvalue weighted by Gasteiger charge is -2.03. The molecule has 134 valence electrons. The molecule has 0 bridgehead atoms. The maximum Gasteiger partial charge on any atom is 0.236 e. The molecule has 5 nitrogen and oxygen atoms in total. The first-order chi connectivity index (χ1) is 12.5. The Balaban J connectivity index is 1.54. The molecule has 0 radical (unpaired) electrons. The van der Waals surface area contributed by atoms with Gasteiger partial charge < -0.3 is 5.32 Å². The lowest BCUT2D eigenvalue weighted by molar-refractivity contribution is -0.113. The summed E-state index contributed by atoms with van der Waals surface area (Å²) in [5.41, 5.74) is 4.29. The molecule has 0 spiro atoms. The summed E-state index contributed by atoms with van der Waals surface area (Å²) in [6.07, 6.45) is 2.64. The molecule has 3 aromatic rings. The maximum absolute atomic E-state index is 12.1. The van der Waals surface area contributed by atoms with E-state index in [1.54, 1.807) is 0 Å². The van der Waals surface area contributed by atoms with Crippen LogP contribution in [0.4, 0.5) is 5.13 Å². The number of carbonyl (C=O) groups is 1. The zero-order chi connectivity index (χ0) is 18.5. The molecule has 0 atom stereocenters. The van der Waals surface area contributed by atoms with Gasteiger partial charge in [0.2, 0.25) is 5.91 Å². The van der Waals surface area contributed by atoms with Gasteiger partial charge in [0.05, 0.1) is 5.75 Å². The molecule has 1 N–H and O–H groups in total. The predicted molar refractivity (Wildman–Crippen MR) is 107 cm³/mol. The van der Waals surface area contributed by atoms with Gasteiger partial charge in [0.15, 0.2) is 10.3 Å². The lowest BCUT2D eigenvalue weighted by Crippen LogP contribution is -2.14. The van der Waals surface area contributed by atoms with Crippen LogP contribution in [0.25, 0.3) is 0 Å². The second-order valence-electron chi connectivity index (χ2n) is 6.07. The van der Waals surface area contributed by atoms with Gasteiger partial charge >= 0.3 is 0 Å². The number of carbonyl (C=O) groups excluding carboxylic acids is 1. The summed E-state index contributed by atoms with van der Waals surface area (Å²) in [6, 6.07) is 10.3. The summed E-state index contributed by atoms with van der Waals surface area (Å²) < 4.78 is 0. The van der Waals surface area contributed by atoms with Gasteiger partial charge in [0, 0.05) is 28.9 Å². The number of thiazole rings is 1. The SMILES string of the molecule is Cc1cccc(Cc2cnc(NC(=O)CSc3nc(C)cc(C)n3)s2)c1. The molecule has 1 aromatic carbocycles. The van der Waals surface area contributed by atoms with Crippen LogP contribution in [0.1, 0.15) is 27.4 Å². The van der Waals surface area contributed by atoms with Gasteiger partial charge in [0.1, 0.15) is 0 Å². The van der Waals surface area contributed by atoms with Crippen molar-refractivity contribution in [1.29, 1.82) is 0 Å². The Morgan fingerprint density at radius 1 is 1.15 bits per heavy atom. The van der Waals surface area contributed by atoms with E-state index in [2.05, 4.69) is 51.5 Å². The fourth-order valence-corrected chi connectivity index (χ4v) is 4.13. The van der Waals surface area contributed by atoms with E-state index in [-0.39, 0.29) is 11.7 Å². The average Bonchev–Trinajstić information content (AvgIpc) is 2.99. The van der Waals surface area contributed by atoms with Crippen LogP contribution in [0.5, 0.6) is 0 Å². The Hall–Kier alpha value is -2.25. The number of benzene rings is 1. The summed E-state index contributed by atoms with van der Waals surface area (Å²) in [5, 5.41) is 4.10. The van der Waals surface area contributed by atoms with Gasteiger partial charge in [-0.15, -0.1) is 11.3 Å². The monoisotopic (exact) mass is 384 g/mol. The number of hydrogen-bond acceptors (Lipinski definition) is 6. The van der Waals surface area contributed by atoms with Crippen LogP contribution in [0.3, 0.4) is 0 Å². The first kappa shape index (κ1) is 18.5. The average molecular weight is 385 g/mol. The van der Waals surface area contributed by atoms with Crippen LogP contribution in [-0.4, -0.2) is 26.6 Å². The number of hydrogen-bond donors (Lipinski definition) is 1. The molecule has 2 aromatic heterocycles. The number of anilines is 1. The number of rotatable bonds is 6. The van der Waals surface area contributed by atoms with Crippen molar-refractivity contribution in [3.05, 3.63) is 63.9 Å². The highest BCUT2D eigenvalue weighted by Crippen LogP contribution is 2.22. The van der Waals surface area contributed by atoms with E-state index in [1.807, 2.05) is 26.1 Å². The minimum Gasteiger partial charge on any atom is -0.301 e. The van der Waals surface area contributed by atoms with Crippen molar-refractivity contribution in [3.8, 4) is 0 Å². The zero-order valence-electron chi connectivity index (χ0n) is 14.9. The fourth-order valence-electron chi connectivity index (χ4n) is 2.51. The van der Waals surface area contributed by atoms with E-state index < -0.39 is 0 Å². The summed E-state index contributed by atoms with van der Waals surface area (Å²) in [7, 11) is 0. The molecule has 0 aliphatic carbocycles. The Kier molecular flexibility index (Phi) is 6.00. The minimum absolute atomic E-state index is 0.103. The molecule has 7 heteroatoms. The van der Waals surface area contributed by atoms with Crippen molar-refractivity contribution in [3.63, 3.8) is 0 Å². The summed E-state index contributed by atoms with van der Waals surface area (Å²) >= 11 is 2.83. The van der Waals surface area contributed by atoms with Gasteiger partial charge in [-0.3, -0.25) is 4.79 Å². The van der Waals surface area contributed by atoms with Crippen LogP contribution in [0.15, 0.2) is 41.7 Å². The zero-order valence-corrected chi connectivity index (χ0v) is 16.6. The highest BCUT2D eigenvalue weighted by molar-refractivity contribution is 7.99. The summed E-state index contributed by atoms with van der Waals surface area (Å²) in [4.78, 5) is 26.2. The third kappa shape index (κ3) is 5.37. The number of aromatic nitrogens is 3. The fraction of sp³-hybridized carbons (Fsp3) is 0.263. The van der Waals surface area contributed by atoms with Gasteiger partial charge in [-0.25, -0.2) is 15.0 Å². The van der Waals surface area contributed by atoms with Crippen molar-refractivity contribution in [2.45, 2.75) is 32.3 Å². The topological polar surface area (TPSA) is 67.8 Å². The molecule has 0 aliphatic rings. The molecule has 0 saturated carbocycles. The van der Waals surface area contributed by atoms with Crippen molar-refractivity contribution >= 4 is 34.1 Å². The number of aryl methyl sites for hydroxylation is 3. The number of nitrogens with zero attached hydrogens (tertiary/aromatic N) is 3. The summed E-state index contributed by atoms with van der Waals surface area (Å²) in [6.45, 7) is 5.92. The van der Waals surface area contributed by atoms with Gasteiger partial charge in [-0.2, -0.15) is 0 Å². The van der Waals surface area contributed by atoms with E-state index in [9.17, 15) is 4.79 Å². The first-order valence-electron chi connectivity index (χ1n) is 8.23. The second-order valence-corrected chi connectivity index (χ2v) is 8.13. The van der Waals surface area contributed by atoms with Crippen LogP contribution in [-0.2, 0) is 11.2 Å². The van der Waals surface area contributed by atoms with E-state index >= 15 is 0 Å². The highest BCUT2D eigenvalue weighted by atomic mass is 32.2. The van der Waals surface area contributed by atoms with E-state index in [1.165, 1.54) is 34.2 Å². The molecule has 0 fully saturated rings. The quantitative estimate of drug-likeness (QED) is 0.510. The van der Waals surface area contributed by atoms with Crippen molar-refractivity contribution in [2.75, 3.05) is 11.1 Å². The van der Waals surface area contributed by atoms with E-state index in [4.69, 9.17) is 0 Å².